The summed E-state index contributed by atoms with van der Waals surface area (Å²) in [6, 6.07) is 0. The van der Waals surface area contributed by atoms with Crippen molar-refractivity contribution in [3.8, 4) is 0 Å². The van der Waals surface area contributed by atoms with Crippen LogP contribution in [0.25, 0.3) is 0 Å². The smallest absolute Gasteiger partial charge is 0.313 e. The average molecular weight is 231 g/mol. The lowest BCUT2D eigenvalue weighted by molar-refractivity contribution is -0.133. The van der Waals surface area contributed by atoms with Gasteiger partial charge >= 0.3 is 5.97 Å². The molecule has 1 heterocycles. The Hall–Kier alpha value is -1.08. The Balaban J connectivity index is 2.32. The van der Waals surface area contributed by atoms with Gasteiger partial charge in [-0.1, -0.05) is 11.8 Å². The number of aliphatic hydroxyl groups excluding tert-OH is 1. The van der Waals surface area contributed by atoms with Crippen LogP contribution in [0.3, 0.4) is 0 Å². The number of aromatic nitrogens is 3. The molecule has 0 aliphatic heterocycles. The molecule has 1 aromatic rings. The van der Waals surface area contributed by atoms with E-state index in [2.05, 4.69) is 15.2 Å². The molecule has 0 radical (unpaired) electrons. The standard InChI is InChI=1S/C8H13N3O3S/c12-4-2-1-3-6-9-8(11-10-6)15-5-7(13)14/h12H,1-5H2,(H,13,14)(H,9,10,11). The summed E-state index contributed by atoms with van der Waals surface area (Å²) in [5.74, 6) is -0.184. The zero-order chi connectivity index (χ0) is 11.1. The summed E-state index contributed by atoms with van der Waals surface area (Å²) in [5, 5.41) is 24.1. The lowest BCUT2D eigenvalue weighted by Crippen LogP contribution is -1.97. The number of nitrogens with zero attached hydrogens (tertiary/aromatic N) is 2. The number of nitrogens with one attached hydrogen (secondary N) is 1. The third kappa shape index (κ3) is 4.80. The van der Waals surface area contributed by atoms with Crippen molar-refractivity contribution in [2.45, 2.75) is 24.4 Å². The van der Waals surface area contributed by atoms with E-state index in [0.29, 0.717) is 5.16 Å². The maximum Gasteiger partial charge on any atom is 0.313 e. The number of aryl methyl sites for hydroxylation is 1. The molecule has 84 valence electrons. The van der Waals surface area contributed by atoms with Crippen LogP contribution in [0.2, 0.25) is 0 Å². The second kappa shape index (κ2) is 6.41. The average Bonchev–Trinajstić information content (AvgIpc) is 2.63. The van der Waals surface area contributed by atoms with Crippen LogP contribution in [-0.2, 0) is 11.2 Å². The molecule has 0 fully saturated rings. The lowest BCUT2D eigenvalue weighted by atomic mass is 10.2. The van der Waals surface area contributed by atoms with Gasteiger partial charge in [0.15, 0.2) is 0 Å². The predicted octanol–water partition coefficient (Wildman–Crippen LogP) is 0.296. The zero-order valence-corrected chi connectivity index (χ0v) is 8.96. The SMILES string of the molecule is O=C(O)CSc1n[nH]c(CCCCO)n1. The first-order valence-corrected chi connectivity index (χ1v) is 5.57. The normalized spacial score (nSPS) is 10.5. The summed E-state index contributed by atoms with van der Waals surface area (Å²) < 4.78 is 0. The number of rotatable bonds is 7. The minimum absolute atomic E-state index is 0.0338. The molecule has 0 saturated carbocycles. The fourth-order valence-electron chi connectivity index (χ4n) is 0.985. The molecule has 6 nitrogen and oxygen atoms in total. The number of H-pyrrole nitrogens is 1. The molecule has 3 N–H and O–H groups in total. The first kappa shape index (κ1) is 12.0. The highest BCUT2D eigenvalue weighted by molar-refractivity contribution is 7.99. The molecule has 0 unspecified atom stereocenters. The van der Waals surface area contributed by atoms with Gasteiger partial charge in [0.05, 0.1) is 5.75 Å². The molecular weight excluding hydrogens is 218 g/mol. The fourth-order valence-corrected chi connectivity index (χ4v) is 1.52. The lowest BCUT2D eigenvalue weighted by Gasteiger charge is -1.92. The van der Waals surface area contributed by atoms with Crippen molar-refractivity contribution in [2.24, 2.45) is 0 Å². The molecule has 0 atom stereocenters. The van der Waals surface area contributed by atoms with Gasteiger partial charge in [0.2, 0.25) is 5.16 Å². The van der Waals surface area contributed by atoms with Crippen molar-refractivity contribution < 1.29 is 15.0 Å². The van der Waals surface area contributed by atoms with Gasteiger partial charge in [-0.05, 0) is 12.8 Å². The number of carboxylic acids is 1. The van der Waals surface area contributed by atoms with Crippen LogP contribution in [0.15, 0.2) is 5.16 Å². The van der Waals surface area contributed by atoms with Crippen LogP contribution < -0.4 is 0 Å². The molecule has 0 saturated heterocycles. The van der Waals surface area contributed by atoms with Gasteiger partial charge in [-0.15, -0.1) is 5.10 Å². The van der Waals surface area contributed by atoms with E-state index in [-0.39, 0.29) is 12.4 Å². The zero-order valence-electron chi connectivity index (χ0n) is 8.14. The van der Waals surface area contributed by atoms with Crippen LogP contribution in [-0.4, -0.2) is 43.7 Å². The van der Waals surface area contributed by atoms with E-state index in [1.54, 1.807) is 0 Å². The largest absolute Gasteiger partial charge is 0.481 e. The molecule has 1 rings (SSSR count). The Kier molecular flexibility index (Phi) is 5.13. The van der Waals surface area contributed by atoms with Gasteiger partial charge in [-0.3, -0.25) is 9.89 Å². The number of carbonyl (C=O) groups is 1. The van der Waals surface area contributed by atoms with Crippen molar-refractivity contribution in [1.29, 1.82) is 0 Å². The molecule has 15 heavy (non-hydrogen) atoms. The molecule has 0 bridgehead atoms. The van der Waals surface area contributed by atoms with E-state index >= 15 is 0 Å². The van der Waals surface area contributed by atoms with Crippen LogP contribution in [0.4, 0.5) is 0 Å². The van der Waals surface area contributed by atoms with E-state index in [0.717, 1.165) is 36.8 Å². The molecular formula is C8H13N3O3S. The van der Waals surface area contributed by atoms with E-state index in [9.17, 15) is 4.79 Å². The molecule has 0 aliphatic rings. The topological polar surface area (TPSA) is 99.1 Å². The van der Waals surface area contributed by atoms with Crippen molar-refractivity contribution in [3.63, 3.8) is 0 Å². The Bertz CT molecular complexity index is 316. The maximum atomic E-state index is 10.3. The summed E-state index contributed by atoms with van der Waals surface area (Å²) in [6.07, 6.45) is 2.30. The van der Waals surface area contributed by atoms with Gasteiger partial charge in [-0.2, -0.15) is 0 Å². The fraction of sp³-hybridized carbons (Fsp3) is 0.625. The Labute approximate surface area is 91.1 Å². The quantitative estimate of drug-likeness (QED) is 0.461. The van der Waals surface area contributed by atoms with Gasteiger partial charge in [0, 0.05) is 13.0 Å². The summed E-state index contributed by atoms with van der Waals surface area (Å²) >= 11 is 1.09. The molecule has 1 aromatic heterocycles. The van der Waals surface area contributed by atoms with Crippen LogP contribution in [0, 0.1) is 0 Å². The molecule has 0 aliphatic carbocycles. The number of aromatic amines is 1. The van der Waals surface area contributed by atoms with Crippen molar-refractivity contribution >= 4 is 17.7 Å². The summed E-state index contributed by atoms with van der Waals surface area (Å²) in [6.45, 7) is 0.175. The van der Waals surface area contributed by atoms with Gasteiger partial charge in [0.1, 0.15) is 5.82 Å². The van der Waals surface area contributed by atoms with Crippen molar-refractivity contribution in [3.05, 3.63) is 5.82 Å². The highest BCUT2D eigenvalue weighted by Gasteiger charge is 2.05. The monoisotopic (exact) mass is 231 g/mol. The number of aliphatic carboxylic acids is 1. The van der Waals surface area contributed by atoms with Crippen LogP contribution in [0.1, 0.15) is 18.7 Å². The van der Waals surface area contributed by atoms with E-state index in [1.165, 1.54) is 0 Å². The first-order chi connectivity index (χ1) is 7.22. The number of hydrogen-bond donors (Lipinski definition) is 3. The highest BCUT2D eigenvalue weighted by Crippen LogP contribution is 2.12. The summed E-state index contributed by atoms with van der Waals surface area (Å²) in [4.78, 5) is 14.4. The highest BCUT2D eigenvalue weighted by atomic mass is 32.2. The first-order valence-electron chi connectivity index (χ1n) is 4.59. The number of aliphatic hydroxyl groups is 1. The Morgan fingerprint density at radius 1 is 1.47 bits per heavy atom. The minimum atomic E-state index is -0.883. The Morgan fingerprint density at radius 3 is 2.93 bits per heavy atom. The number of thioether (sulfide) groups is 1. The predicted molar refractivity (Wildman–Crippen MR) is 54.8 cm³/mol. The number of carboxylic acid groups (broad SMARTS) is 1. The third-order valence-corrected chi connectivity index (χ3v) is 2.49. The molecule has 0 amide bonds. The van der Waals surface area contributed by atoms with Crippen molar-refractivity contribution in [2.75, 3.05) is 12.4 Å². The summed E-state index contributed by atoms with van der Waals surface area (Å²) in [7, 11) is 0. The van der Waals surface area contributed by atoms with Crippen LogP contribution in [0.5, 0.6) is 0 Å². The van der Waals surface area contributed by atoms with Crippen LogP contribution >= 0.6 is 11.8 Å². The van der Waals surface area contributed by atoms with E-state index in [4.69, 9.17) is 10.2 Å². The number of unbranched alkanes of at least 4 members (excludes halogenated alkanes) is 1. The van der Waals surface area contributed by atoms with Gasteiger partial charge in [0.25, 0.3) is 0 Å². The van der Waals surface area contributed by atoms with E-state index in [1.807, 2.05) is 0 Å². The second-order valence-electron chi connectivity index (χ2n) is 2.93. The van der Waals surface area contributed by atoms with Crippen molar-refractivity contribution in [1.82, 2.24) is 15.2 Å². The second-order valence-corrected chi connectivity index (χ2v) is 3.87. The maximum absolute atomic E-state index is 10.3. The third-order valence-electron chi connectivity index (χ3n) is 1.66. The summed E-state index contributed by atoms with van der Waals surface area (Å²) in [5.41, 5.74) is 0. The molecule has 0 spiro atoms. The number of hydrogen-bond acceptors (Lipinski definition) is 5. The minimum Gasteiger partial charge on any atom is -0.481 e. The van der Waals surface area contributed by atoms with Gasteiger partial charge < -0.3 is 10.2 Å². The molecule has 0 aromatic carbocycles. The van der Waals surface area contributed by atoms with Gasteiger partial charge in [-0.25, -0.2) is 4.98 Å². The Morgan fingerprint density at radius 2 is 2.27 bits per heavy atom. The van der Waals surface area contributed by atoms with E-state index < -0.39 is 5.97 Å². The molecule has 7 heteroatoms.